The molecule has 1 amide bonds. The first-order chi connectivity index (χ1) is 18.4. The van der Waals surface area contributed by atoms with Gasteiger partial charge in [-0.1, -0.05) is 0 Å². The molecule has 6 rings (SSSR count). The van der Waals surface area contributed by atoms with E-state index < -0.39 is 28.5 Å². The number of aromatic nitrogens is 6. The van der Waals surface area contributed by atoms with Crippen LogP contribution in [-0.4, -0.2) is 75.0 Å². The number of aryl methyl sites for hydroxylation is 3. The zero-order chi connectivity index (χ0) is 27.9. The predicted octanol–water partition coefficient (Wildman–Crippen LogP) is 1.02. The van der Waals surface area contributed by atoms with Crippen LogP contribution in [0.1, 0.15) is 48.4 Å². The van der Waals surface area contributed by atoms with Crippen molar-refractivity contribution in [1.29, 1.82) is 0 Å². The van der Waals surface area contributed by atoms with E-state index in [1.807, 2.05) is 41.6 Å². The third kappa shape index (κ3) is 3.84. The molecule has 0 bridgehead atoms. The van der Waals surface area contributed by atoms with Crippen molar-refractivity contribution in [2.24, 2.45) is 21.1 Å². The molecule has 5 heterocycles. The lowest BCUT2D eigenvalue weighted by Crippen LogP contribution is -2.58. The van der Waals surface area contributed by atoms with Crippen LogP contribution in [0.5, 0.6) is 0 Å². The van der Waals surface area contributed by atoms with Crippen molar-refractivity contribution < 1.29 is 14.6 Å². The van der Waals surface area contributed by atoms with E-state index in [0.717, 1.165) is 21.4 Å². The standard InChI is InChI=1S/C27H33N7O5/c1-16-29-18-12-17(6-7-19(18)30(16)3)23(35)33-10-8-27(9-11-33)14-26(2,38)20(13-39-27)34-15-28-22-21(34)24(36)32(5)25(37)31(22)4/h6-7,12,15,20,38H,8-11,13-14H2,1-5H3/t20-,26-/m1/s1. The molecule has 206 valence electrons. The summed E-state index contributed by atoms with van der Waals surface area (Å²) >= 11 is 0. The van der Waals surface area contributed by atoms with Gasteiger partial charge >= 0.3 is 5.69 Å². The minimum Gasteiger partial charge on any atom is -0.388 e. The summed E-state index contributed by atoms with van der Waals surface area (Å²) in [5.74, 6) is 0.851. The fraction of sp³-hybridized carbons (Fsp3) is 0.519. The first-order valence-corrected chi connectivity index (χ1v) is 13.1. The molecule has 0 saturated carbocycles. The van der Waals surface area contributed by atoms with Gasteiger partial charge in [-0.25, -0.2) is 14.8 Å². The van der Waals surface area contributed by atoms with Gasteiger partial charge in [0.05, 0.1) is 41.2 Å². The highest BCUT2D eigenvalue weighted by Crippen LogP contribution is 2.44. The van der Waals surface area contributed by atoms with Crippen molar-refractivity contribution in [3.05, 3.63) is 56.8 Å². The molecular weight excluding hydrogens is 502 g/mol. The molecule has 4 aromatic rings. The first kappa shape index (κ1) is 25.5. The Morgan fingerprint density at radius 1 is 1.10 bits per heavy atom. The van der Waals surface area contributed by atoms with Crippen LogP contribution in [0.25, 0.3) is 22.2 Å². The minimum absolute atomic E-state index is 0.0400. The van der Waals surface area contributed by atoms with Crippen LogP contribution in [0, 0.1) is 6.92 Å². The van der Waals surface area contributed by atoms with E-state index >= 15 is 0 Å². The number of likely N-dealkylation sites (tertiary alicyclic amines) is 1. The van der Waals surface area contributed by atoms with Crippen molar-refractivity contribution in [3.63, 3.8) is 0 Å². The second-order valence-corrected chi connectivity index (χ2v) is 11.3. The Kier molecular flexibility index (Phi) is 5.64. The smallest absolute Gasteiger partial charge is 0.332 e. The summed E-state index contributed by atoms with van der Waals surface area (Å²) in [7, 11) is 4.95. The largest absolute Gasteiger partial charge is 0.388 e. The SMILES string of the molecule is Cc1nc2cc(C(=O)N3CCC4(CC3)C[C@@](C)(O)[C@H](n3cnc5c3c(=O)n(C)c(=O)n5C)CO4)ccc2n1C. The summed E-state index contributed by atoms with van der Waals surface area (Å²) in [6.45, 7) is 4.88. The molecule has 12 heteroatoms. The van der Waals surface area contributed by atoms with Crippen LogP contribution >= 0.6 is 0 Å². The molecule has 3 aromatic heterocycles. The number of rotatable bonds is 2. The van der Waals surface area contributed by atoms with Crippen LogP contribution in [0.2, 0.25) is 0 Å². The van der Waals surface area contributed by atoms with Gasteiger partial charge < -0.3 is 23.9 Å². The van der Waals surface area contributed by atoms with Gasteiger partial charge in [0.15, 0.2) is 11.2 Å². The number of fused-ring (bicyclic) bond motifs is 2. The number of benzene rings is 1. The fourth-order valence-electron chi connectivity index (χ4n) is 6.31. The Balaban J connectivity index is 1.20. The average Bonchev–Trinajstić information content (AvgIpc) is 3.46. The molecule has 39 heavy (non-hydrogen) atoms. The van der Waals surface area contributed by atoms with Gasteiger partial charge in [0, 0.05) is 46.2 Å². The summed E-state index contributed by atoms with van der Waals surface area (Å²) in [6, 6.07) is 5.06. The Morgan fingerprint density at radius 2 is 1.82 bits per heavy atom. The molecule has 1 spiro atoms. The van der Waals surface area contributed by atoms with Gasteiger partial charge in [0.25, 0.3) is 11.5 Å². The molecule has 2 aliphatic heterocycles. The molecule has 12 nitrogen and oxygen atoms in total. The number of aliphatic hydroxyl groups is 1. The maximum Gasteiger partial charge on any atom is 0.332 e. The third-order valence-electron chi connectivity index (χ3n) is 8.77. The molecule has 0 radical (unpaired) electrons. The zero-order valence-corrected chi connectivity index (χ0v) is 22.8. The van der Waals surface area contributed by atoms with Crippen molar-refractivity contribution in [2.75, 3.05) is 19.7 Å². The number of amides is 1. The molecule has 0 unspecified atom stereocenters. The van der Waals surface area contributed by atoms with Crippen LogP contribution in [0.4, 0.5) is 0 Å². The van der Waals surface area contributed by atoms with E-state index in [1.54, 1.807) is 18.5 Å². The Labute approximate surface area is 224 Å². The predicted molar refractivity (Wildman–Crippen MR) is 144 cm³/mol. The Morgan fingerprint density at radius 3 is 2.51 bits per heavy atom. The van der Waals surface area contributed by atoms with E-state index in [-0.39, 0.29) is 23.7 Å². The highest BCUT2D eigenvalue weighted by Gasteiger charge is 2.50. The molecule has 1 aromatic carbocycles. The lowest BCUT2D eigenvalue weighted by molar-refractivity contribution is -0.194. The molecule has 2 fully saturated rings. The maximum absolute atomic E-state index is 13.3. The molecular formula is C27H33N7O5. The average molecular weight is 536 g/mol. The quantitative estimate of drug-likeness (QED) is 0.406. The first-order valence-electron chi connectivity index (χ1n) is 13.1. The highest BCUT2D eigenvalue weighted by atomic mass is 16.5. The van der Waals surface area contributed by atoms with E-state index in [9.17, 15) is 19.5 Å². The maximum atomic E-state index is 13.3. The van der Waals surface area contributed by atoms with E-state index in [0.29, 0.717) is 37.9 Å². The number of carbonyl (C=O) groups excluding carboxylic acids is 1. The number of imidazole rings is 2. The lowest BCUT2D eigenvalue weighted by Gasteiger charge is -2.51. The normalized spacial score (nSPS) is 23.2. The fourth-order valence-corrected chi connectivity index (χ4v) is 6.31. The van der Waals surface area contributed by atoms with E-state index in [2.05, 4.69) is 9.97 Å². The van der Waals surface area contributed by atoms with E-state index in [1.165, 1.54) is 17.9 Å². The lowest BCUT2D eigenvalue weighted by atomic mass is 9.75. The van der Waals surface area contributed by atoms with Crippen molar-refractivity contribution in [2.45, 2.75) is 50.4 Å². The third-order valence-corrected chi connectivity index (χ3v) is 8.77. The topological polar surface area (TPSA) is 129 Å². The van der Waals surface area contributed by atoms with Crippen molar-refractivity contribution in [3.8, 4) is 0 Å². The second-order valence-electron chi connectivity index (χ2n) is 11.3. The van der Waals surface area contributed by atoms with Crippen LogP contribution in [-0.2, 0) is 25.9 Å². The second kappa shape index (κ2) is 8.62. The summed E-state index contributed by atoms with van der Waals surface area (Å²) in [6.07, 6.45) is 3.02. The van der Waals surface area contributed by atoms with E-state index in [4.69, 9.17) is 4.74 Å². The molecule has 2 atom stereocenters. The molecule has 1 N–H and O–H groups in total. The number of hydrogen-bond donors (Lipinski definition) is 1. The monoisotopic (exact) mass is 535 g/mol. The molecule has 2 saturated heterocycles. The number of hydrogen-bond acceptors (Lipinski definition) is 7. The van der Waals surface area contributed by atoms with Gasteiger partial charge in [-0.2, -0.15) is 0 Å². The van der Waals surface area contributed by atoms with Crippen LogP contribution in [0.3, 0.4) is 0 Å². The Hall–Kier alpha value is -3.77. The van der Waals surface area contributed by atoms with Crippen LogP contribution in [0.15, 0.2) is 34.1 Å². The minimum atomic E-state index is -1.21. The van der Waals surface area contributed by atoms with Gasteiger partial charge in [0.1, 0.15) is 5.82 Å². The summed E-state index contributed by atoms with van der Waals surface area (Å²) in [5.41, 5.74) is 0.208. The zero-order valence-electron chi connectivity index (χ0n) is 22.8. The summed E-state index contributed by atoms with van der Waals surface area (Å²) < 4.78 is 12.4. The number of piperidine rings is 1. The molecule has 2 aliphatic rings. The summed E-state index contributed by atoms with van der Waals surface area (Å²) in [4.78, 5) is 49.3. The number of ether oxygens (including phenoxy) is 1. The number of nitrogens with zero attached hydrogens (tertiary/aromatic N) is 7. The van der Waals surface area contributed by atoms with Gasteiger partial charge in [-0.3, -0.25) is 18.7 Å². The summed E-state index contributed by atoms with van der Waals surface area (Å²) in [5, 5.41) is 11.6. The van der Waals surface area contributed by atoms with Gasteiger partial charge in [0.2, 0.25) is 0 Å². The van der Waals surface area contributed by atoms with Crippen LogP contribution < -0.4 is 11.2 Å². The molecule has 0 aliphatic carbocycles. The van der Waals surface area contributed by atoms with Crippen molar-refractivity contribution >= 4 is 28.1 Å². The van der Waals surface area contributed by atoms with Crippen molar-refractivity contribution in [1.82, 2.24) is 33.1 Å². The highest BCUT2D eigenvalue weighted by molar-refractivity contribution is 5.97. The van der Waals surface area contributed by atoms with Gasteiger partial charge in [-0.15, -0.1) is 0 Å². The van der Waals surface area contributed by atoms with Gasteiger partial charge in [-0.05, 0) is 44.9 Å². The number of carbonyl (C=O) groups is 1. The Bertz CT molecular complexity index is 1750.